The van der Waals surface area contributed by atoms with Crippen LogP contribution in [-0.4, -0.2) is 60.8 Å². The summed E-state index contributed by atoms with van der Waals surface area (Å²) >= 11 is 0. The number of fused-ring (bicyclic) bond motifs is 4. The number of ether oxygens (including phenoxy) is 1. The lowest BCUT2D eigenvalue weighted by atomic mass is 9.94. The Kier molecular flexibility index (Phi) is 4.78. The van der Waals surface area contributed by atoms with Crippen LogP contribution in [0.15, 0.2) is 24.3 Å². The molecule has 0 amide bonds. The van der Waals surface area contributed by atoms with Gasteiger partial charge in [-0.05, 0) is 43.5 Å². The normalized spacial score (nSPS) is 26.8. The first-order valence-electron chi connectivity index (χ1n) is 8.00. The summed E-state index contributed by atoms with van der Waals surface area (Å²) in [6.45, 7) is 5.08. The van der Waals surface area contributed by atoms with E-state index in [2.05, 4.69) is 29.0 Å². The van der Waals surface area contributed by atoms with Crippen LogP contribution in [0.3, 0.4) is 0 Å². The highest BCUT2D eigenvalue weighted by Gasteiger charge is 2.33. The predicted octanol–water partition coefficient (Wildman–Crippen LogP) is 1.58. The summed E-state index contributed by atoms with van der Waals surface area (Å²) in [6, 6.07) is 8.98. The highest BCUT2D eigenvalue weighted by Crippen LogP contribution is 2.29. The number of hydrogen-bond acceptors (Lipinski definition) is 4. The fourth-order valence-electron chi connectivity index (χ4n) is 3.74. The zero-order chi connectivity index (χ0) is 14.7. The lowest BCUT2D eigenvalue weighted by Gasteiger charge is -2.36. The van der Waals surface area contributed by atoms with Gasteiger partial charge >= 0.3 is 0 Å². The minimum atomic E-state index is 0.0619. The van der Waals surface area contributed by atoms with Crippen LogP contribution >= 0.6 is 0 Å². The number of aliphatic hydroxyl groups excluding tert-OH is 1. The smallest absolute Gasteiger partial charge is 0.119 e. The van der Waals surface area contributed by atoms with Crippen LogP contribution in [0.5, 0.6) is 5.75 Å². The van der Waals surface area contributed by atoms with Crippen LogP contribution in [0.4, 0.5) is 0 Å². The van der Waals surface area contributed by atoms with Crippen LogP contribution in [0.1, 0.15) is 18.4 Å². The van der Waals surface area contributed by atoms with Crippen molar-refractivity contribution in [3.05, 3.63) is 29.8 Å². The monoisotopic (exact) mass is 290 g/mol. The minimum absolute atomic E-state index is 0.0619. The lowest BCUT2D eigenvalue weighted by molar-refractivity contribution is 0.124. The Morgan fingerprint density at radius 2 is 2.14 bits per heavy atom. The molecule has 2 atom stereocenters. The van der Waals surface area contributed by atoms with Crippen molar-refractivity contribution in [1.29, 1.82) is 0 Å². The van der Waals surface area contributed by atoms with Crippen molar-refractivity contribution in [2.24, 2.45) is 5.92 Å². The third-order valence-electron chi connectivity index (χ3n) is 4.65. The van der Waals surface area contributed by atoms with Gasteiger partial charge in [-0.1, -0.05) is 12.1 Å². The van der Waals surface area contributed by atoms with E-state index in [-0.39, 0.29) is 6.61 Å². The number of rotatable bonds is 5. The largest absolute Gasteiger partial charge is 0.491 e. The topological polar surface area (TPSA) is 35.9 Å². The summed E-state index contributed by atoms with van der Waals surface area (Å²) in [4.78, 5) is 5.13. The molecule has 116 valence electrons. The number of likely N-dealkylation sites (N-methyl/N-ethyl adjacent to an activating group) is 1. The van der Waals surface area contributed by atoms with Crippen molar-refractivity contribution in [3.63, 3.8) is 0 Å². The van der Waals surface area contributed by atoms with Gasteiger partial charge in [0.15, 0.2) is 0 Å². The molecule has 3 heterocycles. The van der Waals surface area contributed by atoms with Gasteiger partial charge in [0.1, 0.15) is 12.4 Å². The van der Waals surface area contributed by atoms with Crippen LogP contribution in [0.2, 0.25) is 0 Å². The highest BCUT2D eigenvalue weighted by atomic mass is 16.5. The fraction of sp³-hybridized carbons (Fsp3) is 0.647. The summed E-state index contributed by atoms with van der Waals surface area (Å²) < 4.78 is 5.51. The van der Waals surface area contributed by atoms with Crippen LogP contribution in [0, 0.1) is 5.92 Å². The second kappa shape index (κ2) is 6.77. The summed E-state index contributed by atoms with van der Waals surface area (Å²) in [6.07, 6.45) is 2.71. The third-order valence-corrected chi connectivity index (χ3v) is 4.65. The van der Waals surface area contributed by atoms with Crippen molar-refractivity contribution >= 4 is 0 Å². The average Bonchev–Trinajstić information content (AvgIpc) is 2.74. The third kappa shape index (κ3) is 3.76. The van der Waals surface area contributed by atoms with Gasteiger partial charge in [0.25, 0.3) is 0 Å². The van der Waals surface area contributed by atoms with Crippen molar-refractivity contribution in [2.45, 2.75) is 25.4 Å². The van der Waals surface area contributed by atoms with Crippen molar-refractivity contribution in [1.82, 2.24) is 9.80 Å². The summed E-state index contributed by atoms with van der Waals surface area (Å²) in [5, 5.41) is 8.85. The Morgan fingerprint density at radius 3 is 3.00 bits per heavy atom. The first-order valence-corrected chi connectivity index (χ1v) is 8.00. The molecule has 4 nitrogen and oxygen atoms in total. The molecule has 4 heteroatoms. The predicted molar refractivity (Wildman–Crippen MR) is 83.4 cm³/mol. The van der Waals surface area contributed by atoms with Crippen molar-refractivity contribution < 1.29 is 9.84 Å². The van der Waals surface area contributed by atoms with E-state index in [0.717, 1.165) is 18.2 Å². The van der Waals surface area contributed by atoms with Gasteiger partial charge in [-0.25, -0.2) is 0 Å². The molecular formula is C17H26N2O2. The van der Waals surface area contributed by atoms with Gasteiger partial charge in [-0.2, -0.15) is 0 Å². The molecule has 0 unspecified atom stereocenters. The maximum Gasteiger partial charge on any atom is 0.119 e. The van der Waals surface area contributed by atoms with Gasteiger partial charge in [0.05, 0.1) is 6.61 Å². The van der Waals surface area contributed by atoms with Gasteiger partial charge in [0, 0.05) is 32.2 Å². The Balaban J connectivity index is 1.66. The molecular weight excluding hydrogens is 264 g/mol. The highest BCUT2D eigenvalue weighted by molar-refractivity contribution is 5.28. The molecule has 3 saturated heterocycles. The SMILES string of the molecule is CN1C[C@@H]2CC[C@H](C1)N(Cc1cccc(OCCO)c1)C2. The average molecular weight is 290 g/mol. The van der Waals surface area contributed by atoms with Gasteiger partial charge in [0.2, 0.25) is 0 Å². The molecule has 3 aliphatic rings. The molecule has 0 spiro atoms. The Morgan fingerprint density at radius 1 is 1.24 bits per heavy atom. The summed E-state index contributed by atoms with van der Waals surface area (Å²) in [7, 11) is 2.25. The van der Waals surface area contributed by atoms with E-state index in [4.69, 9.17) is 9.84 Å². The first kappa shape index (κ1) is 14.8. The molecule has 0 aliphatic carbocycles. The molecule has 0 aromatic heterocycles. The molecule has 1 N–H and O–H groups in total. The van der Waals surface area contributed by atoms with E-state index >= 15 is 0 Å². The molecule has 2 bridgehead atoms. The van der Waals surface area contributed by atoms with E-state index in [1.54, 1.807) is 0 Å². The summed E-state index contributed by atoms with van der Waals surface area (Å²) in [5.41, 5.74) is 1.31. The second-order valence-electron chi connectivity index (χ2n) is 6.47. The number of nitrogens with zero attached hydrogens (tertiary/aromatic N) is 2. The van der Waals surface area contributed by atoms with Gasteiger partial charge < -0.3 is 14.7 Å². The Labute approximate surface area is 127 Å². The fourth-order valence-corrected chi connectivity index (χ4v) is 3.74. The zero-order valence-corrected chi connectivity index (χ0v) is 12.9. The molecule has 3 fully saturated rings. The van der Waals surface area contributed by atoms with Crippen LogP contribution in [0.25, 0.3) is 0 Å². The molecule has 1 aromatic carbocycles. The molecule has 21 heavy (non-hydrogen) atoms. The van der Waals surface area contributed by atoms with E-state index < -0.39 is 0 Å². The van der Waals surface area contributed by atoms with Crippen LogP contribution < -0.4 is 4.74 Å². The number of piperidine rings is 1. The minimum Gasteiger partial charge on any atom is -0.491 e. The van der Waals surface area contributed by atoms with E-state index in [1.807, 2.05) is 12.1 Å². The van der Waals surface area contributed by atoms with Crippen molar-refractivity contribution in [2.75, 3.05) is 39.9 Å². The Hall–Kier alpha value is -1.10. The van der Waals surface area contributed by atoms with Gasteiger partial charge in [-0.15, -0.1) is 0 Å². The van der Waals surface area contributed by atoms with Crippen LogP contribution in [-0.2, 0) is 6.54 Å². The van der Waals surface area contributed by atoms with E-state index in [0.29, 0.717) is 12.6 Å². The maximum atomic E-state index is 8.85. The first-order chi connectivity index (χ1) is 10.2. The number of hydrogen-bond donors (Lipinski definition) is 1. The zero-order valence-electron chi connectivity index (χ0n) is 12.9. The second-order valence-corrected chi connectivity index (χ2v) is 6.47. The van der Waals surface area contributed by atoms with E-state index in [9.17, 15) is 0 Å². The quantitative estimate of drug-likeness (QED) is 0.893. The Bertz CT molecular complexity index is 466. The molecule has 0 saturated carbocycles. The standard InChI is InChI=1S/C17H26N2O2/c1-18-10-15-5-6-16(13-18)19(12-15)11-14-3-2-4-17(9-14)21-8-7-20/h2-4,9,15-16,20H,5-8,10-13H2,1H3/t15-,16+/m0/s1. The molecule has 0 radical (unpaired) electrons. The summed E-state index contributed by atoms with van der Waals surface area (Å²) in [5.74, 6) is 1.68. The van der Waals surface area contributed by atoms with Gasteiger partial charge in [-0.3, -0.25) is 4.90 Å². The van der Waals surface area contributed by atoms with E-state index in [1.165, 1.54) is 38.0 Å². The number of aliphatic hydroxyl groups is 1. The molecule has 4 rings (SSSR count). The number of benzene rings is 1. The maximum absolute atomic E-state index is 8.85. The molecule has 3 aliphatic heterocycles. The molecule has 1 aromatic rings. The lowest BCUT2D eigenvalue weighted by Crippen LogP contribution is -2.43. The van der Waals surface area contributed by atoms with Crippen molar-refractivity contribution in [3.8, 4) is 5.75 Å².